The Hall–Kier alpha value is -3.11. The van der Waals surface area contributed by atoms with Crippen molar-refractivity contribution in [2.75, 3.05) is 57.5 Å². The molecular formula is C28H29N3O5S. The van der Waals surface area contributed by atoms with Gasteiger partial charge in [-0.25, -0.2) is 0 Å². The highest BCUT2D eigenvalue weighted by Gasteiger charge is 2.28. The van der Waals surface area contributed by atoms with E-state index in [4.69, 9.17) is 19.6 Å². The number of hydrogen-bond donors (Lipinski definition) is 1. The molecule has 6 rings (SSSR count). The quantitative estimate of drug-likeness (QED) is 0.430. The Kier molecular flexibility index (Phi) is 6.77. The summed E-state index contributed by atoms with van der Waals surface area (Å²) in [7, 11) is 0. The number of carbonyl (C=O) groups is 1. The van der Waals surface area contributed by atoms with Crippen LogP contribution in [0.25, 0.3) is 11.3 Å². The number of nitrogens with zero attached hydrogens (tertiary/aromatic N) is 2. The predicted octanol–water partition coefficient (Wildman–Crippen LogP) is 3.06. The number of amides is 1. The maximum Gasteiger partial charge on any atom is 0.231 e. The number of anilines is 1. The minimum atomic E-state index is -0.328. The summed E-state index contributed by atoms with van der Waals surface area (Å²) in [6, 6.07) is 15.8. The van der Waals surface area contributed by atoms with Crippen LogP contribution in [-0.2, 0) is 20.7 Å². The second-order valence-corrected chi connectivity index (χ2v) is 10.6. The van der Waals surface area contributed by atoms with Crippen LogP contribution in [0, 0.1) is 0 Å². The molecule has 2 saturated heterocycles. The van der Waals surface area contributed by atoms with E-state index >= 15 is 0 Å². The first-order valence-corrected chi connectivity index (χ1v) is 13.4. The number of rotatable bonds is 5. The van der Waals surface area contributed by atoms with Crippen molar-refractivity contribution in [1.82, 2.24) is 4.90 Å². The van der Waals surface area contributed by atoms with Gasteiger partial charge in [-0.15, -0.1) is 0 Å². The van der Waals surface area contributed by atoms with Gasteiger partial charge in [-0.1, -0.05) is 42.1 Å². The first kappa shape index (κ1) is 24.2. The average molecular weight is 520 g/mol. The minimum Gasteiger partial charge on any atom is -0.440 e. The summed E-state index contributed by atoms with van der Waals surface area (Å²) < 4.78 is 17.5. The summed E-state index contributed by atoms with van der Waals surface area (Å²) in [6.45, 7) is 4.69. The zero-order valence-electron chi connectivity index (χ0n) is 20.5. The van der Waals surface area contributed by atoms with Gasteiger partial charge in [0.05, 0.1) is 39.0 Å². The van der Waals surface area contributed by atoms with Crippen molar-refractivity contribution in [3.05, 3.63) is 75.4 Å². The molecule has 9 heteroatoms. The highest BCUT2D eigenvalue weighted by atomic mass is 32.2. The fourth-order valence-corrected chi connectivity index (χ4v) is 6.44. The molecule has 3 aromatic rings. The van der Waals surface area contributed by atoms with Crippen LogP contribution >= 0.6 is 11.8 Å². The molecule has 0 saturated carbocycles. The third kappa shape index (κ3) is 5.04. The molecule has 192 valence electrons. The minimum absolute atomic E-state index is 0.00137. The van der Waals surface area contributed by atoms with Crippen LogP contribution in [0.1, 0.15) is 22.7 Å². The van der Waals surface area contributed by atoms with E-state index in [-0.39, 0.29) is 23.9 Å². The summed E-state index contributed by atoms with van der Waals surface area (Å²) in [4.78, 5) is 30.6. The van der Waals surface area contributed by atoms with Crippen LogP contribution in [0.2, 0.25) is 0 Å². The third-order valence-corrected chi connectivity index (χ3v) is 8.40. The standard InChI is InChI=1S/C28H29N3O5S/c29-26(33)16-31-8-11-35-17-23(31)18-4-5-25-20(12-18)13-19-2-1-3-22(28(19)37-25)24-14-21(32)15-27(36-24)30-6-9-34-10-7-30/h1-5,12,14-15,23H,6-11,13,16-17H2,(H2,29,33). The van der Waals surface area contributed by atoms with Crippen molar-refractivity contribution in [2.45, 2.75) is 22.3 Å². The Morgan fingerprint density at radius 3 is 2.68 bits per heavy atom. The second kappa shape index (κ2) is 10.3. The van der Waals surface area contributed by atoms with Gasteiger partial charge >= 0.3 is 0 Å². The first-order valence-electron chi connectivity index (χ1n) is 12.6. The zero-order valence-corrected chi connectivity index (χ0v) is 21.3. The molecule has 4 heterocycles. The molecular weight excluding hydrogens is 490 g/mol. The summed E-state index contributed by atoms with van der Waals surface area (Å²) in [5, 5.41) is 0. The number of hydrogen-bond acceptors (Lipinski definition) is 8. The van der Waals surface area contributed by atoms with Crippen LogP contribution < -0.4 is 16.1 Å². The normalized spacial score (nSPS) is 19.8. The molecule has 3 aliphatic rings. The molecule has 8 nitrogen and oxygen atoms in total. The lowest BCUT2D eigenvalue weighted by atomic mass is 9.96. The Morgan fingerprint density at radius 2 is 1.84 bits per heavy atom. The number of benzene rings is 2. The van der Waals surface area contributed by atoms with E-state index in [1.54, 1.807) is 23.9 Å². The summed E-state index contributed by atoms with van der Waals surface area (Å²) in [5.74, 6) is 0.843. The fourth-order valence-electron chi connectivity index (χ4n) is 5.27. The SMILES string of the molecule is NC(=O)CN1CCOCC1c1ccc2c(c1)Cc1cccc(-c3cc(=O)cc(N4CCOCC4)o3)c1S2. The molecule has 0 radical (unpaired) electrons. The molecule has 0 aliphatic carbocycles. The molecule has 2 N–H and O–H groups in total. The largest absolute Gasteiger partial charge is 0.440 e. The molecule has 2 aromatic carbocycles. The van der Waals surface area contributed by atoms with Crippen molar-refractivity contribution >= 4 is 23.6 Å². The molecule has 1 amide bonds. The lowest BCUT2D eigenvalue weighted by Gasteiger charge is -2.35. The summed E-state index contributed by atoms with van der Waals surface area (Å²) in [5.41, 5.74) is 9.91. The molecule has 37 heavy (non-hydrogen) atoms. The summed E-state index contributed by atoms with van der Waals surface area (Å²) in [6.07, 6.45) is 0.774. The van der Waals surface area contributed by atoms with Gasteiger partial charge in [0, 0.05) is 47.1 Å². The van der Waals surface area contributed by atoms with Crippen LogP contribution in [0.4, 0.5) is 5.88 Å². The Balaban J connectivity index is 1.31. The maximum absolute atomic E-state index is 12.6. The topological polar surface area (TPSA) is 98.2 Å². The second-order valence-electron chi connectivity index (χ2n) is 9.56. The van der Waals surface area contributed by atoms with E-state index in [1.165, 1.54) is 16.0 Å². The number of fused-ring (bicyclic) bond motifs is 2. The van der Waals surface area contributed by atoms with Gasteiger partial charge in [0.15, 0.2) is 11.3 Å². The predicted molar refractivity (Wildman–Crippen MR) is 141 cm³/mol. The van der Waals surface area contributed by atoms with Crippen molar-refractivity contribution < 1.29 is 18.7 Å². The molecule has 3 aliphatic heterocycles. The van der Waals surface area contributed by atoms with Crippen molar-refractivity contribution in [3.63, 3.8) is 0 Å². The van der Waals surface area contributed by atoms with Gasteiger partial charge < -0.3 is 24.5 Å². The highest BCUT2D eigenvalue weighted by molar-refractivity contribution is 7.99. The van der Waals surface area contributed by atoms with Crippen molar-refractivity contribution in [2.24, 2.45) is 5.73 Å². The first-order chi connectivity index (χ1) is 18.0. The molecule has 0 bridgehead atoms. The highest BCUT2D eigenvalue weighted by Crippen LogP contribution is 2.45. The Morgan fingerprint density at radius 1 is 1.00 bits per heavy atom. The van der Waals surface area contributed by atoms with E-state index in [1.807, 2.05) is 12.1 Å². The smallest absolute Gasteiger partial charge is 0.231 e. The van der Waals surface area contributed by atoms with E-state index in [0.29, 0.717) is 57.7 Å². The van der Waals surface area contributed by atoms with Crippen molar-refractivity contribution in [1.29, 1.82) is 0 Å². The lowest BCUT2D eigenvalue weighted by Crippen LogP contribution is -2.43. The zero-order chi connectivity index (χ0) is 25.4. The third-order valence-electron chi connectivity index (χ3n) is 7.10. The Labute approximate surface area is 219 Å². The molecule has 0 spiro atoms. The molecule has 1 atom stereocenters. The van der Waals surface area contributed by atoms with Gasteiger partial charge in [-0.2, -0.15) is 0 Å². The van der Waals surface area contributed by atoms with E-state index in [9.17, 15) is 9.59 Å². The molecule has 2 fully saturated rings. The number of primary amides is 1. The van der Waals surface area contributed by atoms with Gasteiger partial charge in [-0.3, -0.25) is 14.5 Å². The summed E-state index contributed by atoms with van der Waals surface area (Å²) >= 11 is 1.70. The number of carbonyl (C=O) groups excluding carboxylic acids is 1. The van der Waals surface area contributed by atoms with Gasteiger partial charge in [-0.05, 0) is 29.2 Å². The van der Waals surface area contributed by atoms with Gasteiger partial charge in [0.25, 0.3) is 0 Å². The number of nitrogens with two attached hydrogens (primary N) is 1. The van der Waals surface area contributed by atoms with Crippen LogP contribution in [0.5, 0.6) is 0 Å². The number of ether oxygens (including phenoxy) is 2. The van der Waals surface area contributed by atoms with E-state index in [0.717, 1.165) is 22.4 Å². The van der Waals surface area contributed by atoms with E-state index < -0.39 is 0 Å². The van der Waals surface area contributed by atoms with E-state index in [2.05, 4.69) is 34.1 Å². The van der Waals surface area contributed by atoms with Crippen LogP contribution in [0.15, 0.2) is 67.5 Å². The van der Waals surface area contributed by atoms with Crippen molar-refractivity contribution in [3.8, 4) is 11.3 Å². The average Bonchev–Trinajstić information content (AvgIpc) is 2.91. The maximum atomic E-state index is 12.6. The fraction of sp³-hybridized carbons (Fsp3) is 0.357. The van der Waals surface area contributed by atoms with Crippen LogP contribution in [0.3, 0.4) is 0 Å². The van der Waals surface area contributed by atoms with Gasteiger partial charge in [0.2, 0.25) is 5.91 Å². The Bertz CT molecular complexity index is 1380. The monoisotopic (exact) mass is 519 g/mol. The molecule has 1 aromatic heterocycles. The number of morpholine rings is 2. The van der Waals surface area contributed by atoms with Crippen LogP contribution in [-0.4, -0.2) is 63.4 Å². The van der Waals surface area contributed by atoms with Gasteiger partial charge in [0.1, 0.15) is 5.76 Å². The lowest BCUT2D eigenvalue weighted by molar-refractivity contribution is -0.121. The molecule has 1 unspecified atom stereocenters.